The molecule has 2 rings (SSSR count). The van der Waals surface area contributed by atoms with Gasteiger partial charge in [-0.3, -0.25) is 14.1 Å². The molecule has 0 spiro atoms. The highest BCUT2D eigenvalue weighted by atomic mass is 32.2. The van der Waals surface area contributed by atoms with Gasteiger partial charge in [-0.15, -0.1) is 11.3 Å². The van der Waals surface area contributed by atoms with Gasteiger partial charge in [0, 0.05) is 5.38 Å². The number of carbonyl (C=O) groups is 4. The molecule has 0 saturated carbocycles. The van der Waals surface area contributed by atoms with Crippen molar-refractivity contribution in [3.63, 3.8) is 0 Å². The number of nitrogens with one attached hydrogen (secondary N) is 1. The minimum Gasteiger partial charge on any atom is -0.479 e. The number of aliphatic carboxylic acids is 1. The fraction of sp³-hybridized carbons (Fsp3) is 0.333. The van der Waals surface area contributed by atoms with E-state index in [1.54, 1.807) is 0 Å². The summed E-state index contributed by atoms with van der Waals surface area (Å²) in [6.45, 7) is -0.903. The van der Waals surface area contributed by atoms with E-state index in [4.69, 9.17) is 15.4 Å². The Morgan fingerprint density at radius 3 is 2.59 bits per heavy atom. The van der Waals surface area contributed by atoms with Gasteiger partial charge in [0.2, 0.25) is 6.61 Å². The number of nitrogens with zero attached hydrogens (tertiary/aromatic N) is 3. The Hall–Kier alpha value is -3.31. The van der Waals surface area contributed by atoms with Crippen LogP contribution in [0.15, 0.2) is 10.5 Å². The molecule has 1 aromatic heterocycles. The average Bonchev–Trinajstić information content (AvgIpc) is 3.04. The van der Waals surface area contributed by atoms with E-state index < -0.39 is 58.5 Å². The van der Waals surface area contributed by atoms with Gasteiger partial charge in [0.1, 0.15) is 11.7 Å². The Balaban J connectivity index is 2.28. The van der Waals surface area contributed by atoms with Gasteiger partial charge < -0.3 is 25.7 Å². The minimum atomic E-state index is -5.10. The summed E-state index contributed by atoms with van der Waals surface area (Å²) in [6, 6.07) is -3.59. The molecule has 1 aliphatic heterocycles. The first kappa shape index (κ1) is 22.0. The summed E-state index contributed by atoms with van der Waals surface area (Å²) in [5.41, 5.74) is 4.74. The van der Waals surface area contributed by atoms with Gasteiger partial charge in [-0.05, 0) is 0 Å². The third-order valence-electron chi connectivity index (χ3n) is 3.35. The summed E-state index contributed by atoms with van der Waals surface area (Å²) in [6.07, 6.45) is 0. The van der Waals surface area contributed by atoms with E-state index in [0.717, 1.165) is 18.4 Å². The third kappa shape index (κ3) is 4.76. The number of anilines is 1. The first-order valence-electron chi connectivity index (χ1n) is 7.29. The molecule has 15 nitrogen and oxygen atoms in total. The molecule has 0 unspecified atom stereocenters. The second-order valence-electron chi connectivity index (χ2n) is 5.21. The number of carboxylic acid groups (broad SMARTS) is 1. The number of hydrogen-bond acceptors (Lipinski definition) is 12. The molecule has 0 aromatic carbocycles. The molecule has 0 aliphatic carbocycles. The third-order valence-corrected chi connectivity index (χ3v) is 4.93. The van der Waals surface area contributed by atoms with Gasteiger partial charge in [0.05, 0.1) is 7.11 Å². The number of oxime groups is 1. The number of carboxylic acids is 1. The lowest BCUT2D eigenvalue weighted by Crippen LogP contribution is -2.74. The molecule has 2 atom stereocenters. The lowest BCUT2D eigenvalue weighted by Gasteiger charge is -2.41. The van der Waals surface area contributed by atoms with Crippen LogP contribution in [-0.4, -0.2) is 82.6 Å². The van der Waals surface area contributed by atoms with Crippen molar-refractivity contribution in [3.05, 3.63) is 11.1 Å². The number of carbonyl (C=O) groups excluding carboxylic acids is 3. The molecule has 17 heteroatoms. The molecular formula is C12H13N5O10S2. The van der Waals surface area contributed by atoms with Crippen LogP contribution in [0.1, 0.15) is 5.69 Å². The van der Waals surface area contributed by atoms with Gasteiger partial charge in [-0.25, -0.2) is 14.6 Å². The van der Waals surface area contributed by atoms with Gasteiger partial charge in [0.15, 0.2) is 16.9 Å². The van der Waals surface area contributed by atoms with Crippen molar-refractivity contribution in [1.82, 2.24) is 14.6 Å². The number of methoxy groups -OCH3 is 1. The fourth-order valence-electron chi connectivity index (χ4n) is 2.18. The van der Waals surface area contributed by atoms with Gasteiger partial charge in [-0.2, -0.15) is 12.7 Å². The van der Waals surface area contributed by atoms with Crippen molar-refractivity contribution >= 4 is 56.2 Å². The monoisotopic (exact) mass is 451 g/mol. The van der Waals surface area contributed by atoms with Crippen molar-refractivity contribution in [2.45, 2.75) is 12.1 Å². The molecule has 1 aliphatic rings. The maximum Gasteiger partial charge on any atom is 0.363 e. The second-order valence-corrected chi connectivity index (χ2v) is 7.39. The Kier molecular flexibility index (Phi) is 6.34. The van der Waals surface area contributed by atoms with E-state index in [9.17, 15) is 27.6 Å². The SMILES string of the molecule is COC(=O)[C@H]1[C@@H](NC(=O)/C(=N/OCC(=O)O)c2csc(N)n2)C(=O)N1S(=O)(=O)O. The highest BCUT2D eigenvalue weighted by Gasteiger charge is 2.58. The van der Waals surface area contributed by atoms with E-state index in [2.05, 4.69) is 19.7 Å². The van der Waals surface area contributed by atoms with Crippen LogP contribution in [-0.2, 0) is 39.1 Å². The summed E-state index contributed by atoms with van der Waals surface area (Å²) in [7, 11) is -4.20. The largest absolute Gasteiger partial charge is 0.479 e. The molecule has 5 N–H and O–H groups in total. The van der Waals surface area contributed by atoms with Crippen molar-refractivity contribution < 1.29 is 46.8 Å². The standard InChI is InChI=1S/C12H13N5O10S2/c1-26-11(22)8-7(10(21)17(8)29(23,24)25)15-9(20)6(16-27-2-5(18)19)4-3-28-12(13)14-4/h3,7-8H,2H2,1H3,(H2,13,14)(H,15,20)(H,18,19)(H,23,24,25)/b16-6+/t7-,8-/m1/s1. The van der Waals surface area contributed by atoms with E-state index in [1.165, 1.54) is 5.38 Å². The molecule has 1 fully saturated rings. The lowest BCUT2D eigenvalue weighted by molar-refractivity contribution is -0.162. The zero-order valence-corrected chi connectivity index (χ0v) is 16.0. The van der Waals surface area contributed by atoms with Crippen LogP contribution >= 0.6 is 11.3 Å². The number of esters is 1. The topological polar surface area (TPSA) is 228 Å². The highest BCUT2D eigenvalue weighted by Crippen LogP contribution is 2.25. The first-order valence-corrected chi connectivity index (χ1v) is 9.57. The fourth-order valence-corrected chi connectivity index (χ4v) is 3.56. The number of rotatable bonds is 8. The predicted molar refractivity (Wildman–Crippen MR) is 92.8 cm³/mol. The quantitative estimate of drug-likeness (QED) is 0.103. The normalized spacial score (nSPS) is 19.3. The molecule has 158 valence electrons. The van der Waals surface area contributed by atoms with Crippen LogP contribution in [0, 0.1) is 0 Å². The van der Waals surface area contributed by atoms with E-state index in [0.29, 0.717) is 0 Å². The van der Waals surface area contributed by atoms with E-state index in [-0.39, 0.29) is 15.1 Å². The molecule has 1 saturated heterocycles. The maximum absolute atomic E-state index is 12.5. The number of thiazole rings is 1. The van der Waals surface area contributed by atoms with Crippen LogP contribution in [0.2, 0.25) is 0 Å². The molecule has 2 amide bonds. The Morgan fingerprint density at radius 2 is 2.10 bits per heavy atom. The summed E-state index contributed by atoms with van der Waals surface area (Å²) in [5, 5.41) is 15.3. The summed E-state index contributed by atoms with van der Waals surface area (Å²) >= 11 is 0.914. The van der Waals surface area contributed by atoms with Crippen LogP contribution in [0.25, 0.3) is 0 Å². The summed E-state index contributed by atoms with van der Waals surface area (Å²) in [5.74, 6) is -5.11. The lowest BCUT2D eigenvalue weighted by atomic mass is 9.98. The molecule has 0 radical (unpaired) electrons. The van der Waals surface area contributed by atoms with Crippen molar-refractivity contribution in [2.75, 3.05) is 19.5 Å². The van der Waals surface area contributed by atoms with Crippen molar-refractivity contribution in [3.8, 4) is 0 Å². The Labute approximate surface area is 166 Å². The number of amides is 2. The molecular weight excluding hydrogens is 438 g/mol. The van der Waals surface area contributed by atoms with E-state index in [1.807, 2.05) is 5.32 Å². The van der Waals surface area contributed by atoms with Crippen LogP contribution in [0.4, 0.5) is 5.13 Å². The Morgan fingerprint density at radius 1 is 1.45 bits per heavy atom. The van der Waals surface area contributed by atoms with Gasteiger partial charge in [-0.1, -0.05) is 5.16 Å². The molecule has 1 aromatic rings. The maximum atomic E-state index is 12.5. The van der Waals surface area contributed by atoms with Crippen LogP contribution < -0.4 is 11.1 Å². The zero-order chi connectivity index (χ0) is 21.9. The summed E-state index contributed by atoms with van der Waals surface area (Å²) < 4.78 is 35.8. The smallest absolute Gasteiger partial charge is 0.363 e. The number of nitrogen functional groups attached to an aromatic ring is 1. The van der Waals surface area contributed by atoms with Crippen molar-refractivity contribution in [1.29, 1.82) is 0 Å². The van der Waals surface area contributed by atoms with Gasteiger partial charge in [0.25, 0.3) is 11.8 Å². The molecule has 2 heterocycles. The number of nitrogens with two attached hydrogens (primary N) is 1. The van der Waals surface area contributed by atoms with Crippen molar-refractivity contribution in [2.24, 2.45) is 5.16 Å². The number of ether oxygens (including phenoxy) is 1. The highest BCUT2D eigenvalue weighted by molar-refractivity contribution is 7.84. The van der Waals surface area contributed by atoms with Crippen LogP contribution in [0.5, 0.6) is 0 Å². The number of β-lactam (4-membered cyclic amide) rings is 1. The first-order chi connectivity index (χ1) is 13.5. The van der Waals surface area contributed by atoms with Crippen LogP contribution in [0.3, 0.4) is 0 Å². The second kappa shape index (κ2) is 8.37. The minimum absolute atomic E-state index is 0.0310. The predicted octanol–water partition coefficient (Wildman–Crippen LogP) is -2.80. The Bertz CT molecular complexity index is 987. The molecule has 29 heavy (non-hydrogen) atoms. The average molecular weight is 451 g/mol. The summed E-state index contributed by atoms with van der Waals surface area (Å²) in [4.78, 5) is 55.1. The van der Waals surface area contributed by atoms with Gasteiger partial charge >= 0.3 is 22.2 Å². The molecule has 0 bridgehead atoms. The zero-order valence-electron chi connectivity index (χ0n) is 14.3. The van der Waals surface area contributed by atoms with E-state index >= 15 is 0 Å². The number of hydrogen-bond donors (Lipinski definition) is 4. The number of aromatic nitrogens is 1.